The first kappa shape index (κ1) is 21.5. The summed E-state index contributed by atoms with van der Waals surface area (Å²) in [6, 6.07) is 16.7. The summed E-state index contributed by atoms with van der Waals surface area (Å²) in [6.45, 7) is 5.75. The smallest absolute Gasteiger partial charge is 0.281 e. The van der Waals surface area contributed by atoms with Gasteiger partial charge in [-0.25, -0.2) is 0 Å². The van der Waals surface area contributed by atoms with E-state index in [0.717, 1.165) is 32.8 Å². The number of nitro benzene ring substituents is 1. The molecule has 1 fully saturated rings. The third-order valence-electron chi connectivity index (χ3n) is 5.24. The first-order chi connectivity index (χ1) is 15.1. The lowest BCUT2D eigenvalue weighted by atomic mass is 10.1. The molecule has 0 spiro atoms. The van der Waals surface area contributed by atoms with E-state index in [-0.39, 0.29) is 5.69 Å². The van der Waals surface area contributed by atoms with Gasteiger partial charge < -0.3 is 14.5 Å². The first-order valence-electron chi connectivity index (χ1n) is 10.2. The second-order valence-electron chi connectivity index (χ2n) is 7.49. The van der Waals surface area contributed by atoms with Crippen molar-refractivity contribution in [1.29, 1.82) is 0 Å². The van der Waals surface area contributed by atoms with Gasteiger partial charge in [0.25, 0.3) is 5.69 Å². The summed E-state index contributed by atoms with van der Waals surface area (Å²) < 4.78 is 11.2. The van der Waals surface area contributed by atoms with Crippen LogP contribution in [-0.4, -0.2) is 36.1 Å². The van der Waals surface area contributed by atoms with Crippen LogP contribution < -0.4 is 5.32 Å². The van der Waals surface area contributed by atoms with E-state index in [1.165, 1.54) is 17.2 Å². The monoisotopic (exact) mass is 441 g/mol. The Kier molecular flexibility index (Phi) is 6.99. The number of halogens is 1. The maximum Gasteiger partial charge on any atom is 0.281 e. The quantitative estimate of drug-likeness (QED) is 0.405. The zero-order valence-electron chi connectivity index (χ0n) is 17.1. The predicted molar refractivity (Wildman–Crippen MR) is 119 cm³/mol. The van der Waals surface area contributed by atoms with Crippen LogP contribution in [0.15, 0.2) is 59.0 Å². The number of furan rings is 1. The Balaban J connectivity index is 1.31. The van der Waals surface area contributed by atoms with Gasteiger partial charge >= 0.3 is 0 Å². The van der Waals surface area contributed by atoms with Gasteiger partial charge in [0.05, 0.1) is 30.2 Å². The largest absolute Gasteiger partial charge is 0.459 e. The van der Waals surface area contributed by atoms with Crippen molar-refractivity contribution in [2.75, 3.05) is 26.3 Å². The van der Waals surface area contributed by atoms with E-state index in [4.69, 9.17) is 20.8 Å². The van der Waals surface area contributed by atoms with E-state index in [0.29, 0.717) is 35.2 Å². The molecule has 0 amide bonds. The van der Waals surface area contributed by atoms with Crippen LogP contribution in [0.25, 0.3) is 11.3 Å². The van der Waals surface area contributed by atoms with Gasteiger partial charge in [-0.1, -0.05) is 35.9 Å². The van der Waals surface area contributed by atoms with Gasteiger partial charge in [-0.15, -0.1) is 0 Å². The molecular formula is C23H24ClN3O4. The van der Waals surface area contributed by atoms with E-state index in [1.807, 2.05) is 6.07 Å². The highest BCUT2D eigenvalue weighted by Gasteiger charge is 2.18. The molecule has 3 aromatic rings. The Labute approximate surface area is 185 Å². The fourth-order valence-corrected chi connectivity index (χ4v) is 3.76. The minimum atomic E-state index is -0.454. The summed E-state index contributed by atoms with van der Waals surface area (Å²) in [5.74, 6) is 1.16. The summed E-state index contributed by atoms with van der Waals surface area (Å²) in [6.07, 6.45) is 0. The summed E-state index contributed by atoms with van der Waals surface area (Å²) in [7, 11) is 0. The lowest BCUT2D eigenvalue weighted by molar-refractivity contribution is -0.384. The number of hydrogen-bond acceptors (Lipinski definition) is 6. The molecule has 2 heterocycles. The minimum Gasteiger partial charge on any atom is -0.459 e. The van der Waals surface area contributed by atoms with E-state index in [1.54, 1.807) is 18.2 Å². The van der Waals surface area contributed by atoms with Crippen LogP contribution in [0, 0.1) is 10.1 Å². The van der Waals surface area contributed by atoms with Gasteiger partial charge in [-0.2, -0.15) is 0 Å². The van der Waals surface area contributed by atoms with Crippen molar-refractivity contribution in [1.82, 2.24) is 10.2 Å². The first-order valence-corrected chi connectivity index (χ1v) is 10.6. The molecular weight excluding hydrogens is 418 g/mol. The van der Waals surface area contributed by atoms with E-state index in [2.05, 4.69) is 34.5 Å². The van der Waals surface area contributed by atoms with Gasteiger partial charge in [0.15, 0.2) is 0 Å². The molecule has 1 N–H and O–H groups in total. The maximum absolute atomic E-state index is 11.3. The fourth-order valence-electron chi connectivity index (χ4n) is 3.59. The highest BCUT2D eigenvalue weighted by molar-refractivity contribution is 6.30. The normalized spacial score (nSPS) is 14.6. The highest BCUT2D eigenvalue weighted by atomic mass is 35.5. The van der Waals surface area contributed by atoms with Crippen molar-refractivity contribution < 1.29 is 14.1 Å². The number of nitro groups is 1. The maximum atomic E-state index is 11.3. The lowest BCUT2D eigenvalue weighted by Gasteiger charge is -2.26. The number of hydrogen-bond donors (Lipinski definition) is 1. The SMILES string of the molecule is O=[N+]([O-])c1cc(Cl)ccc1-c1ccc(CNCc2ccc(CN3CCOCC3)cc2)o1. The molecule has 4 rings (SSSR count). The van der Waals surface area contributed by atoms with Gasteiger partial charge in [-0.3, -0.25) is 15.0 Å². The fraction of sp³-hybridized carbons (Fsp3) is 0.304. The van der Waals surface area contributed by atoms with Crippen LogP contribution in [0.5, 0.6) is 0 Å². The van der Waals surface area contributed by atoms with Crippen molar-refractivity contribution in [2.45, 2.75) is 19.6 Å². The highest BCUT2D eigenvalue weighted by Crippen LogP contribution is 2.33. The Morgan fingerprint density at radius 3 is 2.48 bits per heavy atom. The zero-order valence-corrected chi connectivity index (χ0v) is 17.8. The third-order valence-corrected chi connectivity index (χ3v) is 5.48. The van der Waals surface area contributed by atoms with Gasteiger partial charge in [0, 0.05) is 37.3 Å². The second-order valence-corrected chi connectivity index (χ2v) is 7.93. The van der Waals surface area contributed by atoms with Crippen LogP contribution in [0.4, 0.5) is 5.69 Å². The molecule has 1 saturated heterocycles. The molecule has 1 aliphatic rings. The average molecular weight is 442 g/mol. The van der Waals surface area contributed by atoms with Crippen molar-refractivity contribution in [3.8, 4) is 11.3 Å². The summed E-state index contributed by atoms with van der Waals surface area (Å²) in [5.41, 5.74) is 2.83. The molecule has 0 atom stereocenters. The minimum absolute atomic E-state index is 0.0708. The van der Waals surface area contributed by atoms with Gasteiger partial charge in [-0.05, 0) is 35.4 Å². The van der Waals surface area contributed by atoms with Crippen LogP contribution in [0.2, 0.25) is 5.02 Å². The number of nitrogens with zero attached hydrogens (tertiary/aromatic N) is 2. The number of rotatable bonds is 8. The van der Waals surface area contributed by atoms with E-state index in [9.17, 15) is 10.1 Å². The Morgan fingerprint density at radius 2 is 1.74 bits per heavy atom. The number of nitrogens with one attached hydrogen (secondary N) is 1. The van der Waals surface area contributed by atoms with Crippen molar-refractivity contribution >= 4 is 17.3 Å². The second kappa shape index (κ2) is 10.1. The molecule has 0 radical (unpaired) electrons. The Bertz CT molecular complexity index is 1030. The predicted octanol–water partition coefficient (Wildman–Crippen LogP) is 4.63. The van der Waals surface area contributed by atoms with Crippen LogP contribution >= 0.6 is 11.6 Å². The molecule has 0 bridgehead atoms. The Morgan fingerprint density at radius 1 is 1.00 bits per heavy atom. The molecule has 0 saturated carbocycles. The van der Waals surface area contributed by atoms with Crippen molar-refractivity contribution in [2.24, 2.45) is 0 Å². The molecule has 0 unspecified atom stereocenters. The number of morpholine rings is 1. The van der Waals surface area contributed by atoms with Crippen molar-refractivity contribution in [3.63, 3.8) is 0 Å². The molecule has 2 aromatic carbocycles. The molecule has 7 nitrogen and oxygen atoms in total. The molecule has 31 heavy (non-hydrogen) atoms. The molecule has 0 aliphatic carbocycles. The van der Waals surface area contributed by atoms with Crippen LogP contribution in [0.3, 0.4) is 0 Å². The number of benzene rings is 2. The molecule has 162 valence electrons. The molecule has 8 heteroatoms. The Hall–Kier alpha value is -2.71. The molecule has 1 aromatic heterocycles. The van der Waals surface area contributed by atoms with Crippen molar-refractivity contribution in [3.05, 3.63) is 86.6 Å². The average Bonchev–Trinajstić information content (AvgIpc) is 3.24. The van der Waals surface area contributed by atoms with Gasteiger partial charge in [0.2, 0.25) is 0 Å². The van der Waals surface area contributed by atoms with E-state index < -0.39 is 4.92 Å². The summed E-state index contributed by atoms with van der Waals surface area (Å²) in [4.78, 5) is 13.2. The topological polar surface area (TPSA) is 80.8 Å². The zero-order chi connectivity index (χ0) is 21.6. The lowest BCUT2D eigenvalue weighted by Crippen LogP contribution is -2.35. The van der Waals surface area contributed by atoms with Crippen LogP contribution in [0.1, 0.15) is 16.9 Å². The number of ether oxygens (including phenoxy) is 1. The van der Waals surface area contributed by atoms with Crippen LogP contribution in [-0.2, 0) is 24.4 Å². The van der Waals surface area contributed by atoms with E-state index >= 15 is 0 Å². The van der Waals surface area contributed by atoms with Gasteiger partial charge in [0.1, 0.15) is 11.5 Å². The standard InChI is InChI=1S/C23H24ClN3O4/c24-19-5-7-21(22(13-19)27(28)29)23-8-6-20(31-23)15-25-14-17-1-3-18(4-2-17)16-26-9-11-30-12-10-26/h1-8,13,25H,9-12,14-16H2. The third kappa shape index (κ3) is 5.71. The summed E-state index contributed by atoms with van der Waals surface area (Å²) >= 11 is 5.89. The summed E-state index contributed by atoms with van der Waals surface area (Å²) in [5, 5.41) is 15.0. The molecule has 1 aliphatic heterocycles.